The van der Waals surface area contributed by atoms with Crippen LogP contribution in [-0.4, -0.2) is 31.3 Å². The van der Waals surface area contributed by atoms with E-state index in [9.17, 15) is 33.2 Å². The molecule has 0 fully saturated rings. The van der Waals surface area contributed by atoms with Crippen molar-refractivity contribution in [2.24, 2.45) is 0 Å². The van der Waals surface area contributed by atoms with Gasteiger partial charge in [-0.25, -0.2) is 4.79 Å². The van der Waals surface area contributed by atoms with E-state index in [0.717, 1.165) is 0 Å². The minimum atomic E-state index is -4.21. The van der Waals surface area contributed by atoms with Crippen LogP contribution in [0.1, 0.15) is 22.8 Å². The minimum absolute atomic E-state index is 0.0175. The molecular weight excluding hydrogens is 486 g/mol. The lowest BCUT2D eigenvalue weighted by Crippen LogP contribution is -2.16. The zero-order chi connectivity index (χ0) is 26.3. The Labute approximate surface area is 206 Å². The molecule has 0 bridgehead atoms. The summed E-state index contributed by atoms with van der Waals surface area (Å²) in [4.78, 5) is 34.9. The average molecular weight is 506 g/mol. The molecule has 3 N–H and O–H groups in total. The first-order valence-corrected chi connectivity index (χ1v) is 11.7. The normalized spacial score (nSPS) is 11.2. The molecule has 36 heavy (non-hydrogen) atoms. The molecule has 2 amide bonds. The number of carbonyl (C=O) groups is 3. The van der Waals surface area contributed by atoms with Crippen LogP contribution < -0.4 is 14.8 Å². The van der Waals surface area contributed by atoms with E-state index in [4.69, 9.17) is 4.18 Å². The molecule has 3 aromatic rings. The van der Waals surface area contributed by atoms with E-state index in [2.05, 4.69) is 10.6 Å². The number of carboxylic acid groups (broad SMARTS) is 1. The van der Waals surface area contributed by atoms with Crippen molar-refractivity contribution in [2.75, 3.05) is 10.6 Å². The van der Waals surface area contributed by atoms with Crippen molar-refractivity contribution in [3.05, 3.63) is 89.5 Å². The zero-order valence-electron chi connectivity index (χ0n) is 18.8. The van der Waals surface area contributed by atoms with Gasteiger partial charge >= 0.3 is 16.1 Å². The van der Waals surface area contributed by atoms with E-state index in [-0.39, 0.29) is 33.4 Å². The molecule has 0 aliphatic rings. The van der Waals surface area contributed by atoms with Crippen LogP contribution in [-0.2, 0) is 19.7 Å². The van der Waals surface area contributed by atoms with Gasteiger partial charge in [0.1, 0.15) is 22.3 Å². The van der Waals surface area contributed by atoms with Crippen molar-refractivity contribution in [1.82, 2.24) is 0 Å². The molecular formula is C25H19N3O7S. The second-order valence-electron chi connectivity index (χ2n) is 7.29. The standard InChI is InChI=1S/C25H19N3O7S/c1-16(29)27-19-9-11-21(12-10-19)36(33,34)35-20-6-4-5-17(14-20)13-18(15-26)24(30)28-23-8-3-2-7-22(23)25(31)32/h2-14H,1H3,(H,27,29)(H,28,30)(H,31,32). The third-order valence-corrected chi connectivity index (χ3v) is 5.87. The van der Waals surface area contributed by atoms with Gasteiger partial charge in [0.15, 0.2) is 0 Å². The topological polar surface area (TPSA) is 163 Å². The van der Waals surface area contributed by atoms with Crippen molar-refractivity contribution in [3.63, 3.8) is 0 Å². The SMILES string of the molecule is CC(=O)Nc1ccc(S(=O)(=O)Oc2cccc(C=C(C#N)C(=O)Nc3ccccc3C(=O)O)c2)cc1. The predicted molar refractivity (Wildman–Crippen MR) is 131 cm³/mol. The smallest absolute Gasteiger partial charge is 0.339 e. The number of para-hydroxylation sites is 1. The van der Waals surface area contributed by atoms with Crippen LogP contribution in [0.4, 0.5) is 11.4 Å². The molecule has 0 aliphatic heterocycles. The van der Waals surface area contributed by atoms with E-state index in [1.54, 1.807) is 6.07 Å². The van der Waals surface area contributed by atoms with Crippen molar-refractivity contribution in [3.8, 4) is 11.8 Å². The molecule has 3 aromatic carbocycles. The van der Waals surface area contributed by atoms with Gasteiger partial charge in [-0.15, -0.1) is 0 Å². The molecule has 0 atom stereocenters. The third kappa shape index (κ3) is 6.55. The van der Waals surface area contributed by atoms with Crippen molar-refractivity contribution in [2.45, 2.75) is 11.8 Å². The summed E-state index contributed by atoms with van der Waals surface area (Å²) in [6.45, 7) is 1.32. The maximum absolute atomic E-state index is 12.6. The molecule has 0 heterocycles. The zero-order valence-corrected chi connectivity index (χ0v) is 19.6. The number of aromatic carboxylic acids is 1. The lowest BCUT2D eigenvalue weighted by molar-refractivity contribution is -0.114. The Bertz CT molecular complexity index is 1510. The number of amides is 2. The number of nitriles is 1. The molecule has 0 unspecified atom stereocenters. The second kappa shape index (κ2) is 11.0. The average Bonchev–Trinajstić information content (AvgIpc) is 2.82. The Hall–Kier alpha value is -4.95. The Morgan fingerprint density at radius 2 is 1.67 bits per heavy atom. The highest BCUT2D eigenvalue weighted by molar-refractivity contribution is 7.87. The number of anilines is 2. The number of benzene rings is 3. The predicted octanol–water partition coefficient (Wildman–Crippen LogP) is 3.66. The maximum atomic E-state index is 12.6. The summed E-state index contributed by atoms with van der Waals surface area (Å²) in [5.41, 5.74) is 0.241. The fraction of sp³-hybridized carbons (Fsp3) is 0.0400. The molecule has 0 saturated carbocycles. The maximum Gasteiger partial charge on any atom is 0.339 e. The monoisotopic (exact) mass is 505 g/mol. The van der Waals surface area contributed by atoms with Gasteiger partial charge in [-0.1, -0.05) is 24.3 Å². The van der Waals surface area contributed by atoms with Crippen LogP contribution in [0, 0.1) is 11.3 Å². The largest absolute Gasteiger partial charge is 0.478 e. The van der Waals surface area contributed by atoms with Gasteiger partial charge < -0.3 is 19.9 Å². The van der Waals surface area contributed by atoms with E-state index >= 15 is 0 Å². The number of hydrogen-bond acceptors (Lipinski definition) is 7. The Morgan fingerprint density at radius 1 is 0.972 bits per heavy atom. The second-order valence-corrected chi connectivity index (χ2v) is 8.84. The van der Waals surface area contributed by atoms with Gasteiger partial charge in [0.25, 0.3) is 5.91 Å². The van der Waals surface area contributed by atoms with Gasteiger partial charge in [0, 0.05) is 12.6 Å². The highest BCUT2D eigenvalue weighted by atomic mass is 32.2. The van der Waals surface area contributed by atoms with Crippen LogP contribution in [0.5, 0.6) is 5.75 Å². The molecule has 11 heteroatoms. The van der Waals surface area contributed by atoms with Crippen LogP contribution >= 0.6 is 0 Å². The summed E-state index contributed by atoms with van der Waals surface area (Å²) in [7, 11) is -4.21. The van der Waals surface area contributed by atoms with E-state index < -0.39 is 22.0 Å². The van der Waals surface area contributed by atoms with Crippen LogP contribution in [0.3, 0.4) is 0 Å². The summed E-state index contributed by atoms with van der Waals surface area (Å²) in [5.74, 6) is -2.46. The summed E-state index contributed by atoms with van der Waals surface area (Å²) >= 11 is 0. The molecule has 3 rings (SSSR count). The third-order valence-electron chi connectivity index (χ3n) is 4.61. The molecule has 0 saturated heterocycles. The summed E-state index contributed by atoms with van der Waals surface area (Å²) in [6.07, 6.45) is 1.21. The quantitative estimate of drug-likeness (QED) is 0.237. The number of rotatable bonds is 8. The number of carboxylic acids is 1. The molecule has 0 radical (unpaired) electrons. The molecule has 0 aliphatic carbocycles. The van der Waals surface area contributed by atoms with Crippen LogP contribution in [0.15, 0.2) is 83.3 Å². The molecule has 10 nitrogen and oxygen atoms in total. The van der Waals surface area contributed by atoms with Gasteiger partial charge in [0.05, 0.1) is 11.3 Å². The first kappa shape index (κ1) is 25.7. The van der Waals surface area contributed by atoms with Crippen LogP contribution in [0.25, 0.3) is 6.08 Å². The lowest BCUT2D eigenvalue weighted by Gasteiger charge is -2.09. The Balaban J connectivity index is 1.80. The summed E-state index contributed by atoms with van der Waals surface area (Å²) < 4.78 is 30.4. The van der Waals surface area contributed by atoms with Crippen LogP contribution in [0.2, 0.25) is 0 Å². The van der Waals surface area contributed by atoms with E-state index in [1.807, 2.05) is 0 Å². The van der Waals surface area contributed by atoms with Crippen molar-refractivity contribution >= 4 is 45.4 Å². The molecule has 0 aromatic heterocycles. The first-order chi connectivity index (χ1) is 17.1. The highest BCUT2D eigenvalue weighted by Gasteiger charge is 2.18. The van der Waals surface area contributed by atoms with Gasteiger partial charge in [-0.3, -0.25) is 9.59 Å². The summed E-state index contributed by atoms with van der Waals surface area (Å²) in [6, 6.07) is 18.6. The lowest BCUT2D eigenvalue weighted by atomic mass is 10.1. The Morgan fingerprint density at radius 3 is 2.31 bits per heavy atom. The van der Waals surface area contributed by atoms with Gasteiger partial charge in [-0.2, -0.15) is 13.7 Å². The molecule has 182 valence electrons. The minimum Gasteiger partial charge on any atom is -0.478 e. The first-order valence-electron chi connectivity index (χ1n) is 10.3. The van der Waals surface area contributed by atoms with Gasteiger partial charge in [-0.05, 0) is 60.2 Å². The Kier molecular flexibility index (Phi) is 7.83. The van der Waals surface area contributed by atoms with Gasteiger partial charge in [0.2, 0.25) is 5.91 Å². The highest BCUT2D eigenvalue weighted by Crippen LogP contribution is 2.23. The fourth-order valence-electron chi connectivity index (χ4n) is 3.02. The number of hydrogen-bond donors (Lipinski definition) is 3. The molecule has 0 spiro atoms. The van der Waals surface area contributed by atoms with E-state index in [0.29, 0.717) is 11.3 Å². The summed E-state index contributed by atoms with van der Waals surface area (Å²) in [5, 5.41) is 23.6. The number of carbonyl (C=O) groups excluding carboxylic acids is 2. The van der Waals surface area contributed by atoms with E-state index in [1.165, 1.54) is 85.8 Å². The fourth-order valence-corrected chi connectivity index (χ4v) is 3.95. The van der Waals surface area contributed by atoms with Crippen molar-refractivity contribution < 1.29 is 32.1 Å². The van der Waals surface area contributed by atoms with Crippen molar-refractivity contribution in [1.29, 1.82) is 5.26 Å². The number of nitrogens with one attached hydrogen (secondary N) is 2. The number of nitrogens with zero attached hydrogens (tertiary/aromatic N) is 1.